The normalized spacial score (nSPS) is 12.2. The van der Waals surface area contributed by atoms with Crippen molar-refractivity contribution < 1.29 is 9.21 Å². The lowest BCUT2D eigenvalue weighted by atomic mass is 10.2. The number of urea groups is 1. The van der Waals surface area contributed by atoms with Gasteiger partial charge in [-0.05, 0) is 38.1 Å². The molecule has 0 aliphatic rings. The minimum Gasteiger partial charge on any atom is -0.464 e. The third-order valence-corrected chi connectivity index (χ3v) is 3.82. The van der Waals surface area contributed by atoms with Crippen molar-refractivity contribution in [2.75, 3.05) is 0 Å². The molecule has 0 fully saturated rings. The van der Waals surface area contributed by atoms with Crippen molar-refractivity contribution in [2.24, 2.45) is 0 Å². The van der Waals surface area contributed by atoms with Crippen molar-refractivity contribution >= 4 is 29.0 Å². The monoisotopic (exact) mass is 298 g/mol. The van der Waals surface area contributed by atoms with Crippen LogP contribution in [0.4, 0.5) is 4.79 Å². The van der Waals surface area contributed by atoms with Crippen molar-refractivity contribution in [1.82, 2.24) is 10.6 Å². The third-order valence-electron chi connectivity index (χ3n) is 2.59. The Morgan fingerprint density at radius 1 is 1.42 bits per heavy atom. The lowest BCUT2D eigenvalue weighted by Crippen LogP contribution is -2.36. The second-order valence-corrected chi connectivity index (χ2v) is 6.00. The Kier molecular flexibility index (Phi) is 4.50. The van der Waals surface area contributed by atoms with Gasteiger partial charge in [-0.2, -0.15) is 0 Å². The highest BCUT2D eigenvalue weighted by Gasteiger charge is 2.12. The lowest BCUT2D eigenvalue weighted by Gasteiger charge is -2.12. The van der Waals surface area contributed by atoms with E-state index in [1.807, 2.05) is 38.1 Å². The van der Waals surface area contributed by atoms with Crippen LogP contribution in [0.5, 0.6) is 0 Å². The van der Waals surface area contributed by atoms with Crippen LogP contribution < -0.4 is 10.6 Å². The first-order chi connectivity index (χ1) is 9.04. The summed E-state index contributed by atoms with van der Waals surface area (Å²) in [5, 5.41) is 5.59. The molecule has 2 N–H and O–H groups in total. The summed E-state index contributed by atoms with van der Waals surface area (Å²) < 4.78 is 6.17. The number of aryl methyl sites for hydroxylation is 1. The van der Waals surface area contributed by atoms with Gasteiger partial charge in [0, 0.05) is 4.88 Å². The number of carbonyl (C=O) groups is 1. The molecule has 102 valence electrons. The summed E-state index contributed by atoms with van der Waals surface area (Å²) in [7, 11) is 0. The number of halogens is 1. The summed E-state index contributed by atoms with van der Waals surface area (Å²) in [6.07, 6.45) is 0. The number of hydrogen-bond acceptors (Lipinski definition) is 3. The van der Waals surface area contributed by atoms with Crippen LogP contribution in [0, 0.1) is 6.92 Å². The summed E-state index contributed by atoms with van der Waals surface area (Å²) in [6.45, 7) is 4.21. The molecule has 0 aromatic carbocycles. The number of thiophene rings is 1. The number of nitrogens with one attached hydrogen (secondary N) is 2. The molecule has 0 bridgehead atoms. The van der Waals surface area contributed by atoms with Gasteiger partial charge in [0.05, 0.1) is 16.9 Å². The van der Waals surface area contributed by atoms with E-state index in [-0.39, 0.29) is 12.1 Å². The second-order valence-electron chi connectivity index (χ2n) is 4.20. The maximum Gasteiger partial charge on any atom is 0.315 e. The van der Waals surface area contributed by atoms with Gasteiger partial charge in [-0.3, -0.25) is 0 Å². The predicted molar refractivity (Wildman–Crippen MR) is 76.6 cm³/mol. The van der Waals surface area contributed by atoms with Crippen LogP contribution in [0.2, 0.25) is 4.34 Å². The van der Waals surface area contributed by atoms with E-state index in [9.17, 15) is 4.79 Å². The first kappa shape index (κ1) is 14.0. The SMILES string of the molecule is Cc1ccc([C@@H](C)NC(=O)NCc2ccc(Cl)s2)o1. The van der Waals surface area contributed by atoms with E-state index < -0.39 is 0 Å². The molecule has 2 rings (SSSR count). The van der Waals surface area contributed by atoms with Gasteiger partial charge in [-0.1, -0.05) is 11.6 Å². The van der Waals surface area contributed by atoms with E-state index in [0.717, 1.165) is 20.7 Å². The molecule has 2 amide bonds. The highest BCUT2D eigenvalue weighted by Crippen LogP contribution is 2.21. The molecular weight excluding hydrogens is 284 g/mol. The van der Waals surface area contributed by atoms with Crippen LogP contribution in [0.1, 0.15) is 29.4 Å². The number of hydrogen-bond donors (Lipinski definition) is 2. The molecule has 0 saturated carbocycles. The molecule has 2 heterocycles. The van der Waals surface area contributed by atoms with Crippen LogP contribution >= 0.6 is 22.9 Å². The number of carbonyl (C=O) groups excluding carboxylic acids is 1. The molecule has 2 aromatic rings. The Morgan fingerprint density at radius 2 is 2.21 bits per heavy atom. The maximum absolute atomic E-state index is 11.7. The molecule has 0 saturated heterocycles. The predicted octanol–water partition coefficient (Wildman–Crippen LogP) is 3.86. The van der Waals surface area contributed by atoms with E-state index in [1.165, 1.54) is 11.3 Å². The zero-order chi connectivity index (χ0) is 13.8. The molecule has 0 spiro atoms. The van der Waals surface area contributed by atoms with Gasteiger partial charge in [0.1, 0.15) is 11.5 Å². The molecular formula is C13H15ClN2O2S. The summed E-state index contributed by atoms with van der Waals surface area (Å²) in [6, 6.07) is 7.05. The molecule has 1 atom stereocenters. The van der Waals surface area contributed by atoms with Crippen LogP contribution in [0.25, 0.3) is 0 Å². The van der Waals surface area contributed by atoms with Gasteiger partial charge in [0.15, 0.2) is 0 Å². The highest BCUT2D eigenvalue weighted by molar-refractivity contribution is 7.16. The Balaban J connectivity index is 1.81. The standard InChI is InChI=1S/C13H15ClN2O2S/c1-8-3-5-11(18-8)9(2)16-13(17)15-7-10-4-6-12(14)19-10/h3-6,9H,7H2,1-2H3,(H2,15,16,17)/t9-/m1/s1. The third kappa shape index (κ3) is 4.01. The van der Waals surface area contributed by atoms with Crippen LogP contribution in [0.3, 0.4) is 0 Å². The van der Waals surface area contributed by atoms with Gasteiger partial charge in [0.2, 0.25) is 0 Å². The molecule has 0 aliphatic heterocycles. The molecule has 4 nitrogen and oxygen atoms in total. The maximum atomic E-state index is 11.7. The van der Waals surface area contributed by atoms with E-state index in [1.54, 1.807) is 0 Å². The Hall–Kier alpha value is -1.46. The summed E-state index contributed by atoms with van der Waals surface area (Å²) in [4.78, 5) is 12.7. The first-order valence-electron chi connectivity index (χ1n) is 5.89. The largest absolute Gasteiger partial charge is 0.464 e. The molecule has 0 radical (unpaired) electrons. The zero-order valence-corrected chi connectivity index (χ0v) is 12.3. The topological polar surface area (TPSA) is 54.3 Å². The molecule has 0 unspecified atom stereocenters. The molecule has 19 heavy (non-hydrogen) atoms. The fraction of sp³-hybridized carbons (Fsp3) is 0.308. The van der Waals surface area contributed by atoms with Crippen molar-refractivity contribution in [3.05, 3.63) is 45.0 Å². The van der Waals surface area contributed by atoms with Gasteiger partial charge in [0.25, 0.3) is 0 Å². The average molecular weight is 299 g/mol. The first-order valence-corrected chi connectivity index (χ1v) is 7.09. The minimum atomic E-state index is -0.230. The Bertz CT molecular complexity index is 564. The Morgan fingerprint density at radius 3 is 2.79 bits per heavy atom. The van der Waals surface area contributed by atoms with E-state index >= 15 is 0 Å². The van der Waals surface area contributed by atoms with E-state index in [2.05, 4.69) is 10.6 Å². The Labute approximate surface area is 120 Å². The van der Waals surface area contributed by atoms with Crippen molar-refractivity contribution in [1.29, 1.82) is 0 Å². The van der Waals surface area contributed by atoms with Gasteiger partial charge in [-0.15, -0.1) is 11.3 Å². The van der Waals surface area contributed by atoms with Gasteiger partial charge >= 0.3 is 6.03 Å². The number of amides is 2. The quantitative estimate of drug-likeness (QED) is 0.900. The van der Waals surface area contributed by atoms with E-state index in [0.29, 0.717) is 6.54 Å². The number of rotatable bonds is 4. The fourth-order valence-corrected chi connectivity index (χ4v) is 2.65. The van der Waals surface area contributed by atoms with Crippen LogP contribution in [0.15, 0.2) is 28.7 Å². The average Bonchev–Trinajstić information content (AvgIpc) is 2.95. The van der Waals surface area contributed by atoms with Crippen molar-refractivity contribution in [3.8, 4) is 0 Å². The molecule has 0 aliphatic carbocycles. The van der Waals surface area contributed by atoms with Gasteiger partial charge in [-0.25, -0.2) is 4.79 Å². The summed E-state index contributed by atoms with van der Waals surface area (Å²) in [5.41, 5.74) is 0. The zero-order valence-electron chi connectivity index (χ0n) is 10.7. The minimum absolute atomic E-state index is 0.166. The van der Waals surface area contributed by atoms with Crippen molar-refractivity contribution in [3.63, 3.8) is 0 Å². The number of furan rings is 1. The van der Waals surface area contributed by atoms with Crippen molar-refractivity contribution in [2.45, 2.75) is 26.4 Å². The molecule has 6 heteroatoms. The van der Waals surface area contributed by atoms with Crippen LogP contribution in [-0.4, -0.2) is 6.03 Å². The highest BCUT2D eigenvalue weighted by atomic mass is 35.5. The smallest absolute Gasteiger partial charge is 0.315 e. The second kappa shape index (κ2) is 6.12. The lowest BCUT2D eigenvalue weighted by molar-refractivity contribution is 0.235. The van der Waals surface area contributed by atoms with E-state index in [4.69, 9.17) is 16.0 Å². The summed E-state index contributed by atoms with van der Waals surface area (Å²) in [5.74, 6) is 1.57. The fourth-order valence-electron chi connectivity index (χ4n) is 1.62. The van der Waals surface area contributed by atoms with Gasteiger partial charge < -0.3 is 15.1 Å². The van der Waals surface area contributed by atoms with Crippen LogP contribution in [-0.2, 0) is 6.54 Å². The molecule has 2 aromatic heterocycles. The summed E-state index contributed by atoms with van der Waals surface area (Å²) >= 11 is 7.27.